The number of carbonyl (C=O) groups excluding carboxylic acids is 2. The number of amides is 2. The van der Waals surface area contributed by atoms with E-state index < -0.39 is 5.91 Å². The largest absolute Gasteiger partial charge is 0.370 e. The van der Waals surface area contributed by atoms with Gasteiger partial charge in [-0.1, -0.05) is 48.5 Å². The number of primary amides is 1. The van der Waals surface area contributed by atoms with Crippen LogP contribution in [0, 0.1) is 6.92 Å². The summed E-state index contributed by atoms with van der Waals surface area (Å²) in [6, 6.07) is 17.7. The average molecular weight is 342 g/mol. The van der Waals surface area contributed by atoms with Gasteiger partial charge in [0.15, 0.2) is 0 Å². The van der Waals surface area contributed by atoms with Crippen molar-refractivity contribution in [2.24, 2.45) is 5.73 Å². The van der Waals surface area contributed by atoms with Crippen LogP contribution in [-0.4, -0.2) is 29.0 Å². The molecule has 5 heteroatoms. The Bertz CT molecular complexity index is 689. The second kappa shape index (κ2) is 9.13. The van der Waals surface area contributed by atoms with E-state index in [1.165, 1.54) is 11.8 Å². The van der Waals surface area contributed by atoms with Gasteiger partial charge in [-0.2, -0.15) is 0 Å². The van der Waals surface area contributed by atoms with Crippen LogP contribution in [0.3, 0.4) is 0 Å². The molecule has 0 spiro atoms. The van der Waals surface area contributed by atoms with Gasteiger partial charge in [-0.05, 0) is 24.1 Å². The molecule has 0 heterocycles. The minimum atomic E-state index is -0.396. The summed E-state index contributed by atoms with van der Waals surface area (Å²) in [7, 11) is 0. The fraction of sp³-hybridized carbons (Fsp3) is 0.263. The highest BCUT2D eigenvalue weighted by Gasteiger charge is 2.15. The average Bonchev–Trinajstić information content (AvgIpc) is 2.58. The highest BCUT2D eigenvalue weighted by atomic mass is 32.2. The van der Waals surface area contributed by atoms with E-state index in [1.807, 2.05) is 61.5 Å². The summed E-state index contributed by atoms with van der Waals surface area (Å²) in [4.78, 5) is 26.5. The van der Waals surface area contributed by atoms with Crippen molar-refractivity contribution in [2.45, 2.75) is 24.8 Å². The third-order valence-corrected chi connectivity index (χ3v) is 4.80. The smallest absolute Gasteiger partial charge is 0.233 e. The van der Waals surface area contributed by atoms with Crippen molar-refractivity contribution in [3.05, 3.63) is 65.7 Å². The maximum Gasteiger partial charge on any atom is 0.233 e. The highest BCUT2D eigenvalue weighted by molar-refractivity contribution is 8.00. The Morgan fingerprint density at radius 1 is 1.04 bits per heavy atom. The van der Waals surface area contributed by atoms with Crippen molar-refractivity contribution < 1.29 is 9.59 Å². The summed E-state index contributed by atoms with van der Waals surface area (Å²) in [5, 5.41) is 0. The van der Waals surface area contributed by atoms with E-state index in [0.29, 0.717) is 18.8 Å². The van der Waals surface area contributed by atoms with Crippen molar-refractivity contribution in [1.82, 2.24) is 4.90 Å². The van der Waals surface area contributed by atoms with E-state index in [9.17, 15) is 9.59 Å². The molecule has 2 aromatic carbocycles. The van der Waals surface area contributed by atoms with E-state index in [-0.39, 0.29) is 12.3 Å². The van der Waals surface area contributed by atoms with Crippen LogP contribution in [0.5, 0.6) is 0 Å². The minimum absolute atomic E-state index is 0.00774. The first-order valence-corrected chi connectivity index (χ1v) is 8.83. The fourth-order valence-electron chi connectivity index (χ4n) is 2.29. The molecule has 0 aliphatic rings. The van der Waals surface area contributed by atoms with E-state index in [4.69, 9.17) is 5.73 Å². The number of benzene rings is 2. The third-order valence-electron chi connectivity index (χ3n) is 3.64. The lowest BCUT2D eigenvalue weighted by Crippen LogP contribution is -2.34. The van der Waals surface area contributed by atoms with Crippen LogP contribution in [0.2, 0.25) is 0 Å². The molecule has 2 aromatic rings. The van der Waals surface area contributed by atoms with Gasteiger partial charge in [0.1, 0.15) is 0 Å². The molecule has 0 aromatic heterocycles. The molecule has 126 valence electrons. The topological polar surface area (TPSA) is 63.4 Å². The first kappa shape index (κ1) is 18.1. The van der Waals surface area contributed by atoms with Crippen LogP contribution in [0.4, 0.5) is 0 Å². The predicted octanol–water partition coefficient (Wildman–Crippen LogP) is 2.99. The van der Waals surface area contributed by atoms with Gasteiger partial charge >= 0.3 is 0 Å². The van der Waals surface area contributed by atoms with Gasteiger partial charge < -0.3 is 10.6 Å². The molecule has 0 atom stereocenters. The van der Waals surface area contributed by atoms with Crippen molar-refractivity contribution >= 4 is 23.6 Å². The lowest BCUT2D eigenvalue weighted by Gasteiger charge is -2.22. The summed E-state index contributed by atoms with van der Waals surface area (Å²) in [5.74, 6) is -0.0445. The van der Waals surface area contributed by atoms with Gasteiger partial charge in [0.2, 0.25) is 11.8 Å². The Labute approximate surface area is 147 Å². The van der Waals surface area contributed by atoms with Crippen LogP contribution in [0.15, 0.2) is 59.5 Å². The number of thioether (sulfide) groups is 1. The van der Waals surface area contributed by atoms with E-state index in [0.717, 1.165) is 16.0 Å². The maximum atomic E-state index is 12.6. The van der Waals surface area contributed by atoms with E-state index in [1.54, 1.807) is 4.90 Å². The van der Waals surface area contributed by atoms with Crippen molar-refractivity contribution in [2.75, 3.05) is 12.3 Å². The number of nitrogens with two attached hydrogens (primary N) is 1. The third kappa shape index (κ3) is 5.74. The number of hydrogen-bond donors (Lipinski definition) is 1. The maximum absolute atomic E-state index is 12.6. The zero-order chi connectivity index (χ0) is 17.4. The van der Waals surface area contributed by atoms with Crippen LogP contribution in [0.1, 0.15) is 17.5 Å². The Morgan fingerprint density at radius 3 is 2.38 bits per heavy atom. The van der Waals surface area contributed by atoms with Crippen molar-refractivity contribution in [3.8, 4) is 0 Å². The van der Waals surface area contributed by atoms with Crippen LogP contribution in [0.25, 0.3) is 0 Å². The molecule has 2 N–H and O–H groups in total. The van der Waals surface area contributed by atoms with Crippen LogP contribution in [-0.2, 0) is 16.1 Å². The molecule has 0 saturated heterocycles. The molecular weight excluding hydrogens is 320 g/mol. The molecule has 24 heavy (non-hydrogen) atoms. The second-order valence-electron chi connectivity index (χ2n) is 5.57. The van der Waals surface area contributed by atoms with Crippen LogP contribution >= 0.6 is 11.8 Å². The molecule has 0 aliphatic heterocycles. The number of nitrogens with zero attached hydrogens (tertiary/aromatic N) is 1. The molecule has 4 nitrogen and oxygen atoms in total. The minimum Gasteiger partial charge on any atom is -0.370 e. The molecule has 0 radical (unpaired) electrons. The Balaban J connectivity index is 2.00. The zero-order valence-electron chi connectivity index (χ0n) is 13.8. The first-order valence-electron chi connectivity index (χ1n) is 7.84. The molecule has 0 unspecified atom stereocenters. The second-order valence-corrected chi connectivity index (χ2v) is 6.59. The lowest BCUT2D eigenvalue weighted by molar-refractivity contribution is -0.129. The molecule has 0 aliphatic carbocycles. The number of carbonyl (C=O) groups is 2. The zero-order valence-corrected chi connectivity index (χ0v) is 14.6. The van der Waals surface area contributed by atoms with E-state index >= 15 is 0 Å². The van der Waals surface area contributed by atoms with Gasteiger partial charge in [-0.15, -0.1) is 11.8 Å². The van der Waals surface area contributed by atoms with Crippen molar-refractivity contribution in [1.29, 1.82) is 0 Å². The van der Waals surface area contributed by atoms with Gasteiger partial charge in [0.05, 0.1) is 5.75 Å². The fourth-order valence-corrected chi connectivity index (χ4v) is 3.22. The monoisotopic (exact) mass is 342 g/mol. The van der Waals surface area contributed by atoms with Gasteiger partial charge in [0.25, 0.3) is 0 Å². The number of hydrogen-bond acceptors (Lipinski definition) is 3. The number of aryl methyl sites for hydroxylation is 1. The molecule has 0 bridgehead atoms. The van der Waals surface area contributed by atoms with E-state index in [2.05, 4.69) is 0 Å². The Morgan fingerprint density at radius 2 is 1.71 bits per heavy atom. The summed E-state index contributed by atoms with van der Waals surface area (Å²) >= 11 is 1.52. The first-order chi connectivity index (χ1) is 11.6. The number of rotatable bonds is 8. The molecule has 0 fully saturated rings. The Kier molecular flexibility index (Phi) is 6.88. The van der Waals surface area contributed by atoms with Crippen molar-refractivity contribution in [3.63, 3.8) is 0 Å². The molecule has 2 amide bonds. The van der Waals surface area contributed by atoms with Gasteiger partial charge in [0, 0.05) is 24.4 Å². The summed E-state index contributed by atoms with van der Waals surface area (Å²) in [6.07, 6.45) is 0.174. The standard InChI is InChI=1S/C19H22N2O2S/c1-15-7-5-6-10-17(15)24-14-19(23)21(12-11-18(20)22)13-16-8-3-2-4-9-16/h2-10H,11-14H2,1H3,(H2,20,22). The quantitative estimate of drug-likeness (QED) is 0.750. The summed E-state index contributed by atoms with van der Waals surface area (Å²) in [6.45, 7) is 2.86. The molecule has 2 rings (SSSR count). The normalized spacial score (nSPS) is 10.4. The SMILES string of the molecule is Cc1ccccc1SCC(=O)N(CCC(N)=O)Cc1ccccc1. The van der Waals surface area contributed by atoms with Crippen LogP contribution < -0.4 is 5.73 Å². The van der Waals surface area contributed by atoms with Gasteiger partial charge in [-0.3, -0.25) is 9.59 Å². The predicted molar refractivity (Wildman–Crippen MR) is 97.6 cm³/mol. The Hall–Kier alpha value is -2.27. The highest BCUT2D eigenvalue weighted by Crippen LogP contribution is 2.22. The van der Waals surface area contributed by atoms with Gasteiger partial charge in [-0.25, -0.2) is 0 Å². The molecule has 0 saturated carbocycles. The summed E-state index contributed by atoms with van der Waals surface area (Å²) in [5.41, 5.74) is 7.43. The summed E-state index contributed by atoms with van der Waals surface area (Å²) < 4.78 is 0. The lowest BCUT2D eigenvalue weighted by atomic mass is 10.2. The molecular formula is C19H22N2O2S.